The van der Waals surface area contributed by atoms with E-state index in [0.29, 0.717) is 0 Å². The van der Waals surface area contributed by atoms with Crippen LogP contribution in [0.1, 0.15) is 11.1 Å². The first-order valence-electron chi connectivity index (χ1n) is 7.63. The number of phenolic OH excluding ortho intramolecular Hbond substituents is 1. The molecule has 0 aromatic heterocycles. The summed E-state index contributed by atoms with van der Waals surface area (Å²) in [6.07, 6.45) is 0. The molecule has 0 amide bonds. The van der Waals surface area contributed by atoms with Crippen LogP contribution in [-0.2, 0) is 0 Å². The molecule has 0 bridgehead atoms. The molecule has 0 saturated carbocycles. The van der Waals surface area contributed by atoms with Gasteiger partial charge in [-0.05, 0) is 60.4 Å². The van der Waals surface area contributed by atoms with Crippen LogP contribution in [0.4, 0.5) is 0 Å². The second-order valence-electron chi connectivity index (χ2n) is 5.78. The molecular weight excluding hydrogens is 284 g/mol. The van der Waals surface area contributed by atoms with Gasteiger partial charge in [0.2, 0.25) is 0 Å². The maximum Gasteiger partial charge on any atom is 0.127 e. The summed E-state index contributed by atoms with van der Waals surface area (Å²) in [4.78, 5) is 0. The number of hydrogen-bond acceptors (Lipinski definition) is 2. The summed E-state index contributed by atoms with van der Waals surface area (Å²) in [6, 6.07) is 19.9. The largest absolute Gasteiger partial charge is 0.508 e. The molecule has 23 heavy (non-hydrogen) atoms. The van der Waals surface area contributed by atoms with E-state index >= 15 is 0 Å². The number of aryl methyl sites for hydroxylation is 2. The summed E-state index contributed by atoms with van der Waals surface area (Å²) in [5, 5.41) is 9.46. The monoisotopic (exact) mass is 304 g/mol. The maximum absolute atomic E-state index is 9.46. The molecule has 0 atom stereocenters. The molecule has 0 radical (unpaired) electrons. The van der Waals surface area contributed by atoms with Crippen LogP contribution in [0.2, 0.25) is 0 Å². The van der Waals surface area contributed by atoms with Crippen LogP contribution in [0.3, 0.4) is 0 Å². The summed E-state index contributed by atoms with van der Waals surface area (Å²) < 4.78 is 5.62. The van der Waals surface area contributed by atoms with Crippen molar-refractivity contribution in [2.45, 2.75) is 13.8 Å². The minimum atomic E-state index is 0.273. The van der Waals surface area contributed by atoms with Crippen molar-refractivity contribution >= 4 is 0 Å². The van der Waals surface area contributed by atoms with Crippen LogP contribution in [-0.4, -0.2) is 12.2 Å². The van der Waals surface area contributed by atoms with Gasteiger partial charge in [0.1, 0.15) is 11.5 Å². The first-order chi connectivity index (χ1) is 11.1. The Morgan fingerprint density at radius 1 is 0.739 bits per heavy atom. The highest BCUT2D eigenvalue weighted by molar-refractivity contribution is 5.79. The van der Waals surface area contributed by atoms with Crippen molar-refractivity contribution in [3.8, 4) is 33.8 Å². The van der Waals surface area contributed by atoms with Crippen LogP contribution in [0.15, 0.2) is 60.7 Å². The van der Waals surface area contributed by atoms with Gasteiger partial charge < -0.3 is 9.84 Å². The van der Waals surface area contributed by atoms with Gasteiger partial charge in [-0.25, -0.2) is 0 Å². The minimum Gasteiger partial charge on any atom is -0.508 e. The average molecular weight is 304 g/mol. The Labute approximate surface area is 137 Å². The van der Waals surface area contributed by atoms with Gasteiger partial charge in [0.25, 0.3) is 0 Å². The molecule has 0 unspecified atom stereocenters. The lowest BCUT2D eigenvalue weighted by molar-refractivity contribution is 0.416. The van der Waals surface area contributed by atoms with E-state index in [1.54, 1.807) is 19.2 Å². The second kappa shape index (κ2) is 6.17. The SMILES string of the molecule is COc1cc(-c2ccc(O)cc2)c(C)cc1-c1ccc(C)cc1. The Kier molecular flexibility index (Phi) is 4.07. The van der Waals surface area contributed by atoms with E-state index < -0.39 is 0 Å². The molecule has 2 nitrogen and oxygen atoms in total. The summed E-state index contributed by atoms with van der Waals surface area (Å²) in [5.74, 6) is 1.12. The third-order valence-electron chi connectivity index (χ3n) is 4.09. The van der Waals surface area contributed by atoms with Crippen LogP contribution in [0, 0.1) is 13.8 Å². The lowest BCUT2D eigenvalue weighted by Gasteiger charge is -2.14. The van der Waals surface area contributed by atoms with Crippen molar-refractivity contribution in [2.75, 3.05) is 7.11 Å². The number of ether oxygens (including phenoxy) is 1. The fourth-order valence-corrected chi connectivity index (χ4v) is 2.77. The van der Waals surface area contributed by atoms with Gasteiger partial charge in [-0.2, -0.15) is 0 Å². The van der Waals surface area contributed by atoms with Gasteiger partial charge in [0.05, 0.1) is 7.11 Å². The molecule has 2 heteroatoms. The zero-order valence-electron chi connectivity index (χ0n) is 13.6. The molecule has 0 aliphatic carbocycles. The maximum atomic E-state index is 9.46. The second-order valence-corrected chi connectivity index (χ2v) is 5.78. The topological polar surface area (TPSA) is 29.5 Å². The van der Waals surface area contributed by atoms with Gasteiger partial charge in [-0.3, -0.25) is 0 Å². The van der Waals surface area contributed by atoms with Gasteiger partial charge in [0.15, 0.2) is 0 Å². The smallest absolute Gasteiger partial charge is 0.127 e. The van der Waals surface area contributed by atoms with E-state index in [1.165, 1.54) is 11.1 Å². The highest BCUT2D eigenvalue weighted by Crippen LogP contribution is 2.37. The molecule has 1 N–H and O–H groups in total. The number of hydrogen-bond donors (Lipinski definition) is 1. The van der Waals surface area contributed by atoms with E-state index in [0.717, 1.165) is 28.0 Å². The summed E-state index contributed by atoms with van der Waals surface area (Å²) >= 11 is 0. The predicted molar refractivity (Wildman–Crippen MR) is 95.0 cm³/mol. The van der Waals surface area contributed by atoms with E-state index in [1.807, 2.05) is 12.1 Å². The van der Waals surface area contributed by atoms with Crippen LogP contribution in [0.25, 0.3) is 22.3 Å². The van der Waals surface area contributed by atoms with Crippen molar-refractivity contribution in [3.63, 3.8) is 0 Å². The summed E-state index contributed by atoms with van der Waals surface area (Å²) in [6.45, 7) is 4.18. The van der Waals surface area contributed by atoms with Gasteiger partial charge in [-0.1, -0.05) is 42.0 Å². The van der Waals surface area contributed by atoms with Crippen molar-refractivity contribution in [1.82, 2.24) is 0 Å². The summed E-state index contributed by atoms with van der Waals surface area (Å²) in [5.41, 5.74) is 6.82. The average Bonchev–Trinajstić information content (AvgIpc) is 2.56. The minimum absolute atomic E-state index is 0.273. The van der Waals surface area contributed by atoms with E-state index in [4.69, 9.17) is 4.74 Å². The first kappa shape index (κ1) is 15.2. The van der Waals surface area contributed by atoms with Gasteiger partial charge in [0, 0.05) is 5.56 Å². The van der Waals surface area contributed by atoms with Gasteiger partial charge in [-0.15, -0.1) is 0 Å². The molecule has 0 aliphatic heterocycles. The highest BCUT2D eigenvalue weighted by atomic mass is 16.5. The lowest BCUT2D eigenvalue weighted by Crippen LogP contribution is -1.92. The fourth-order valence-electron chi connectivity index (χ4n) is 2.77. The first-order valence-corrected chi connectivity index (χ1v) is 7.63. The molecule has 3 aromatic carbocycles. The van der Waals surface area contributed by atoms with Crippen molar-refractivity contribution in [3.05, 3.63) is 71.8 Å². The zero-order valence-corrected chi connectivity index (χ0v) is 13.6. The molecule has 0 saturated heterocycles. The van der Waals surface area contributed by atoms with E-state index in [2.05, 4.69) is 50.2 Å². The Morgan fingerprint density at radius 3 is 1.91 bits per heavy atom. The van der Waals surface area contributed by atoms with E-state index in [9.17, 15) is 5.11 Å². The Hall–Kier alpha value is -2.74. The lowest BCUT2D eigenvalue weighted by atomic mass is 9.94. The fraction of sp³-hybridized carbons (Fsp3) is 0.143. The molecular formula is C21H20O2. The number of rotatable bonds is 3. The normalized spacial score (nSPS) is 10.6. The van der Waals surface area contributed by atoms with Crippen LogP contribution < -0.4 is 4.74 Å². The van der Waals surface area contributed by atoms with Crippen LogP contribution in [0.5, 0.6) is 11.5 Å². The molecule has 0 spiro atoms. The number of methoxy groups -OCH3 is 1. The highest BCUT2D eigenvalue weighted by Gasteiger charge is 2.11. The van der Waals surface area contributed by atoms with Gasteiger partial charge >= 0.3 is 0 Å². The molecule has 3 rings (SSSR count). The Morgan fingerprint density at radius 2 is 1.30 bits per heavy atom. The van der Waals surface area contributed by atoms with E-state index in [-0.39, 0.29) is 5.75 Å². The van der Waals surface area contributed by atoms with Crippen molar-refractivity contribution < 1.29 is 9.84 Å². The Bertz CT molecular complexity index is 816. The van der Waals surface area contributed by atoms with Crippen molar-refractivity contribution in [1.29, 1.82) is 0 Å². The molecule has 3 aromatic rings. The number of aromatic hydroxyl groups is 1. The molecule has 0 aliphatic rings. The Balaban J connectivity index is 2.12. The predicted octanol–water partition coefficient (Wildman–Crippen LogP) is 5.35. The van der Waals surface area contributed by atoms with Crippen molar-refractivity contribution in [2.24, 2.45) is 0 Å². The number of benzene rings is 3. The quantitative estimate of drug-likeness (QED) is 0.706. The molecule has 116 valence electrons. The number of phenols is 1. The third kappa shape index (κ3) is 3.07. The molecule has 0 heterocycles. The molecule has 0 fully saturated rings. The third-order valence-corrected chi connectivity index (χ3v) is 4.09. The zero-order chi connectivity index (χ0) is 16.4. The standard InChI is InChI=1S/C21H20O2/c1-14-4-6-17(7-5-14)20-12-15(2)19(13-21(20)23-3)16-8-10-18(22)11-9-16/h4-13,22H,1-3H3. The van der Waals surface area contributed by atoms with Crippen LogP contribution >= 0.6 is 0 Å². The summed E-state index contributed by atoms with van der Waals surface area (Å²) in [7, 11) is 1.70.